The molecule has 0 amide bonds. The highest BCUT2D eigenvalue weighted by molar-refractivity contribution is 7.91. The van der Waals surface area contributed by atoms with Crippen LogP contribution in [0.15, 0.2) is 29.2 Å². The average molecular weight is 309 g/mol. The molecule has 1 aromatic carbocycles. The van der Waals surface area contributed by atoms with Crippen LogP contribution < -0.4 is 0 Å². The minimum atomic E-state index is -3.43. The Bertz CT molecular complexity index is 655. The highest BCUT2D eigenvalue weighted by Gasteiger charge is 2.37. The zero-order valence-electron chi connectivity index (χ0n) is 11.7. The van der Waals surface area contributed by atoms with E-state index in [1.807, 2.05) is 0 Å². The third kappa shape index (κ3) is 2.96. The number of hydrogen-bond acceptors (Lipinski definition) is 4. The Hall–Kier alpha value is -1.40. The predicted octanol–water partition coefficient (Wildman–Crippen LogP) is 1.64. The zero-order chi connectivity index (χ0) is 15.0. The molecule has 3 rings (SSSR count). The lowest BCUT2D eigenvalue weighted by Crippen LogP contribution is -2.35. The summed E-state index contributed by atoms with van der Waals surface area (Å²) in [5, 5.41) is 8.95. The van der Waals surface area contributed by atoms with Gasteiger partial charge < -0.3 is 5.11 Å². The summed E-state index contributed by atoms with van der Waals surface area (Å²) in [5.74, 6) is -0.309. The van der Waals surface area contributed by atoms with Crippen LogP contribution in [-0.4, -0.2) is 49.3 Å². The van der Waals surface area contributed by atoms with E-state index in [4.69, 9.17) is 5.11 Å². The number of likely N-dealkylation sites (tertiary alicyclic amines) is 1. The summed E-state index contributed by atoms with van der Waals surface area (Å²) in [5.41, 5.74) is 0.0105. The van der Waals surface area contributed by atoms with Crippen molar-refractivity contribution in [1.82, 2.24) is 4.90 Å². The third-order valence-corrected chi connectivity index (χ3v) is 6.30. The summed E-state index contributed by atoms with van der Waals surface area (Å²) in [7, 11) is -3.43. The largest absolute Gasteiger partial charge is 0.478 e. The van der Waals surface area contributed by atoms with Crippen molar-refractivity contribution in [3.63, 3.8) is 0 Å². The van der Waals surface area contributed by atoms with E-state index in [1.54, 1.807) is 0 Å². The molecule has 1 saturated heterocycles. The molecule has 6 heteroatoms. The zero-order valence-corrected chi connectivity index (χ0v) is 12.6. The van der Waals surface area contributed by atoms with Gasteiger partial charge in [0.25, 0.3) is 0 Å². The number of piperidine rings is 1. The molecular formula is C15H19NO4S. The number of carbonyl (C=O) groups is 1. The van der Waals surface area contributed by atoms with Crippen molar-refractivity contribution < 1.29 is 18.3 Å². The number of nitrogens with zero attached hydrogens (tertiary/aromatic N) is 1. The second-order valence-electron chi connectivity index (χ2n) is 5.98. The number of carboxylic acid groups (broad SMARTS) is 1. The highest BCUT2D eigenvalue weighted by atomic mass is 32.2. The van der Waals surface area contributed by atoms with Crippen molar-refractivity contribution in [2.45, 2.75) is 30.2 Å². The monoisotopic (exact) mass is 309 g/mol. The lowest BCUT2D eigenvalue weighted by Gasteiger charge is -2.26. The third-order valence-electron chi connectivity index (χ3n) is 4.61. The number of sulfone groups is 1. The van der Waals surface area contributed by atoms with Gasteiger partial charge in [0.05, 0.1) is 16.2 Å². The number of aromatic carboxylic acids is 1. The van der Waals surface area contributed by atoms with Crippen molar-refractivity contribution in [1.29, 1.82) is 0 Å². The van der Waals surface area contributed by atoms with Crippen LogP contribution in [0.3, 0.4) is 0 Å². The molecule has 1 aliphatic carbocycles. The Balaban J connectivity index is 1.69. The van der Waals surface area contributed by atoms with Crippen LogP contribution in [0.25, 0.3) is 0 Å². The first-order chi connectivity index (χ1) is 9.95. The summed E-state index contributed by atoms with van der Waals surface area (Å²) in [6.07, 6.45) is 3.66. The Morgan fingerprint density at radius 3 is 2.76 bits per heavy atom. The molecule has 2 unspecified atom stereocenters. The van der Waals surface area contributed by atoms with Crippen molar-refractivity contribution in [2.24, 2.45) is 5.92 Å². The van der Waals surface area contributed by atoms with E-state index in [0.29, 0.717) is 12.6 Å². The minimum Gasteiger partial charge on any atom is -0.478 e. The molecule has 21 heavy (non-hydrogen) atoms. The van der Waals surface area contributed by atoms with Gasteiger partial charge in [-0.15, -0.1) is 0 Å². The molecule has 114 valence electrons. The molecule has 1 saturated carbocycles. The molecule has 0 radical (unpaired) electrons. The Labute approximate surface area is 124 Å². The average Bonchev–Trinajstić information content (AvgIpc) is 3.08. The van der Waals surface area contributed by atoms with Crippen molar-refractivity contribution >= 4 is 15.8 Å². The summed E-state index contributed by atoms with van der Waals surface area (Å²) >= 11 is 0. The molecule has 1 aromatic rings. The van der Waals surface area contributed by atoms with E-state index in [9.17, 15) is 13.2 Å². The van der Waals surface area contributed by atoms with Gasteiger partial charge >= 0.3 is 5.97 Å². The summed E-state index contributed by atoms with van der Waals surface area (Å²) < 4.78 is 24.7. The van der Waals surface area contributed by atoms with E-state index in [0.717, 1.165) is 12.5 Å². The number of carboxylic acids is 1. The first kappa shape index (κ1) is 14.5. The molecule has 2 aliphatic rings. The van der Waals surface area contributed by atoms with Gasteiger partial charge in [-0.3, -0.25) is 4.90 Å². The fourth-order valence-electron chi connectivity index (χ4n) is 3.48. The lowest BCUT2D eigenvalue weighted by molar-refractivity contribution is 0.0696. The summed E-state index contributed by atoms with van der Waals surface area (Å²) in [6.45, 7) is 1.55. The molecule has 0 spiro atoms. The second kappa shape index (κ2) is 5.42. The summed E-state index contributed by atoms with van der Waals surface area (Å²) in [6, 6.07) is 6.15. The van der Waals surface area contributed by atoms with Gasteiger partial charge in [-0.2, -0.15) is 0 Å². The van der Waals surface area contributed by atoms with Gasteiger partial charge in [0.15, 0.2) is 9.84 Å². The predicted molar refractivity (Wildman–Crippen MR) is 78.2 cm³/mol. The Morgan fingerprint density at radius 1 is 1.33 bits per heavy atom. The van der Waals surface area contributed by atoms with E-state index in [1.165, 1.54) is 43.5 Å². The van der Waals surface area contributed by atoms with Gasteiger partial charge in [-0.05, 0) is 43.4 Å². The van der Waals surface area contributed by atoms with Crippen LogP contribution in [-0.2, 0) is 9.84 Å². The first-order valence-corrected chi connectivity index (χ1v) is 8.91. The molecule has 5 nitrogen and oxygen atoms in total. The maximum Gasteiger partial charge on any atom is 0.335 e. The van der Waals surface area contributed by atoms with Crippen LogP contribution in [0, 0.1) is 5.92 Å². The number of fused-ring (bicyclic) bond motifs is 2. The Morgan fingerprint density at radius 2 is 2.14 bits per heavy atom. The number of hydrogen-bond donors (Lipinski definition) is 1. The molecule has 2 bridgehead atoms. The van der Waals surface area contributed by atoms with E-state index < -0.39 is 15.8 Å². The van der Waals surface area contributed by atoms with Crippen molar-refractivity contribution in [3.8, 4) is 0 Å². The molecular weight excluding hydrogens is 290 g/mol. The normalized spacial score (nSPS) is 25.3. The molecule has 0 aromatic heterocycles. The first-order valence-electron chi connectivity index (χ1n) is 7.26. The second-order valence-corrected chi connectivity index (χ2v) is 8.09. The van der Waals surface area contributed by atoms with E-state index in [2.05, 4.69) is 4.90 Å². The summed E-state index contributed by atoms with van der Waals surface area (Å²) in [4.78, 5) is 13.3. The maximum atomic E-state index is 12.4. The van der Waals surface area contributed by atoms with Gasteiger partial charge in [0.2, 0.25) is 0 Å². The molecule has 2 fully saturated rings. The fraction of sp³-hybridized carbons (Fsp3) is 0.533. The maximum absolute atomic E-state index is 12.4. The van der Waals surface area contributed by atoms with E-state index >= 15 is 0 Å². The van der Waals surface area contributed by atoms with Gasteiger partial charge in [0, 0.05) is 19.1 Å². The molecule has 1 aliphatic heterocycles. The number of benzene rings is 1. The van der Waals surface area contributed by atoms with Gasteiger partial charge in [-0.1, -0.05) is 6.07 Å². The topological polar surface area (TPSA) is 74.7 Å². The van der Waals surface area contributed by atoms with Crippen LogP contribution in [0.1, 0.15) is 29.6 Å². The fourth-order valence-corrected chi connectivity index (χ4v) is 4.78. The molecule has 2 atom stereocenters. The number of rotatable bonds is 5. The van der Waals surface area contributed by atoms with E-state index in [-0.39, 0.29) is 16.2 Å². The van der Waals surface area contributed by atoms with Gasteiger partial charge in [0.1, 0.15) is 0 Å². The minimum absolute atomic E-state index is 0.0105. The SMILES string of the molecule is O=C(O)c1cccc(S(=O)(=O)CCN2CC3CCC2C3)c1. The van der Waals surface area contributed by atoms with Crippen LogP contribution >= 0.6 is 0 Å². The molecule has 1 heterocycles. The highest BCUT2D eigenvalue weighted by Crippen LogP contribution is 2.37. The van der Waals surface area contributed by atoms with Crippen LogP contribution in [0.5, 0.6) is 0 Å². The standard InChI is InChI=1S/C15H19NO4S/c17-15(18)12-2-1-3-14(9-12)21(19,20)7-6-16-10-11-4-5-13(16)8-11/h1-3,9,11,13H,4-8,10H2,(H,17,18). The lowest BCUT2D eigenvalue weighted by atomic mass is 10.1. The van der Waals surface area contributed by atoms with Crippen LogP contribution in [0.4, 0.5) is 0 Å². The van der Waals surface area contributed by atoms with Gasteiger partial charge in [-0.25, -0.2) is 13.2 Å². The van der Waals surface area contributed by atoms with Crippen molar-refractivity contribution in [2.75, 3.05) is 18.8 Å². The Kier molecular flexibility index (Phi) is 3.75. The van der Waals surface area contributed by atoms with Crippen molar-refractivity contribution in [3.05, 3.63) is 29.8 Å². The van der Waals surface area contributed by atoms with Crippen LogP contribution in [0.2, 0.25) is 0 Å². The quantitative estimate of drug-likeness (QED) is 0.895. The smallest absolute Gasteiger partial charge is 0.335 e. The molecule has 1 N–H and O–H groups in total.